The van der Waals surface area contributed by atoms with Crippen molar-refractivity contribution in [2.24, 2.45) is 0 Å². The molecule has 0 atom stereocenters. The lowest BCUT2D eigenvalue weighted by Crippen LogP contribution is -1.95. The summed E-state index contributed by atoms with van der Waals surface area (Å²) in [5.74, 6) is 0.515. The maximum Gasteiger partial charge on any atom is 0.393 e. The number of fused-ring (bicyclic) bond motifs is 2. The van der Waals surface area contributed by atoms with E-state index in [0.717, 1.165) is 19.3 Å². The van der Waals surface area contributed by atoms with Gasteiger partial charge in [0, 0.05) is 5.38 Å². The summed E-state index contributed by atoms with van der Waals surface area (Å²) in [7, 11) is 0. The second kappa shape index (κ2) is 4.56. The number of thiazole rings is 1. The quantitative estimate of drug-likeness (QED) is 0.547. The van der Waals surface area contributed by atoms with E-state index in [4.69, 9.17) is 4.74 Å². The molecule has 0 N–H and O–H groups in total. The second-order valence-corrected chi connectivity index (χ2v) is 5.81. The lowest BCUT2D eigenvalue weighted by molar-refractivity contribution is -0.391. The van der Waals surface area contributed by atoms with E-state index in [1.807, 2.05) is 18.2 Å². The molecule has 1 aliphatic rings. The van der Waals surface area contributed by atoms with E-state index in [1.54, 1.807) is 11.6 Å². The highest BCUT2D eigenvalue weighted by atomic mass is 32.1. The van der Waals surface area contributed by atoms with Gasteiger partial charge in [-0.2, -0.15) is 9.38 Å². The number of nitro groups is 1. The first-order valence-electron chi connectivity index (χ1n) is 6.62. The molecule has 0 radical (unpaired) electrons. The molecule has 0 aliphatic heterocycles. The first kappa shape index (κ1) is 12.3. The van der Waals surface area contributed by atoms with Crippen LogP contribution >= 0.6 is 11.3 Å². The first-order valence-corrected chi connectivity index (χ1v) is 7.50. The zero-order valence-electron chi connectivity index (χ0n) is 11.0. The topological polar surface area (TPSA) is 69.7 Å². The van der Waals surface area contributed by atoms with Crippen LogP contribution in [-0.2, 0) is 12.8 Å². The highest BCUT2D eigenvalue weighted by Crippen LogP contribution is 2.35. The van der Waals surface area contributed by atoms with Crippen molar-refractivity contribution in [3.63, 3.8) is 0 Å². The van der Waals surface area contributed by atoms with Crippen LogP contribution in [0.4, 0.5) is 5.82 Å². The molecule has 1 aromatic carbocycles. The Morgan fingerprint density at radius 2 is 2.19 bits per heavy atom. The van der Waals surface area contributed by atoms with Crippen LogP contribution in [0.3, 0.4) is 0 Å². The Hall–Kier alpha value is -2.41. The Balaban J connectivity index is 1.75. The van der Waals surface area contributed by atoms with Crippen LogP contribution < -0.4 is 4.74 Å². The highest BCUT2D eigenvalue weighted by molar-refractivity contribution is 7.15. The molecule has 0 spiro atoms. The van der Waals surface area contributed by atoms with Crippen LogP contribution in [0.15, 0.2) is 29.8 Å². The Morgan fingerprint density at radius 3 is 3.05 bits per heavy atom. The standard InChI is InChI=1S/C14H11N3O3S/c18-17(19)13-12(15-14-16(13)6-7-21-14)20-11-5-4-9-2-1-3-10(9)8-11/h4-8H,1-3H2. The fourth-order valence-electron chi connectivity index (χ4n) is 2.71. The normalized spacial score (nSPS) is 13.5. The predicted molar refractivity (Wildman–Crippen MR) is 78.3 cm³/mol. The molecule has 0 unspecified atom stereocenters. The SMILES string of the molecule is O=[N+]([O-])c1c(Oc2ccc3c(c2)CCC3)nc2sccn12. The molecule has 0 bridgehead atoms. The van der Waals surface area contributed by atoms with Crippen LogP contribution in [0.2, 0.25) is 0 Å². The average Bonchev–Trinajstić information content (AvgIpc) is 3.11. The number of aryl methyl sites for hydroxylation is 2. The number of benzene rings is 1. The number of nitrogens with zero attached hydrogens (tertiary/aromatic N) is 3. The van der Waals surface area contributed by atoms with Gasteiger partial charge >= 0.3 is 11.7 Å². The van der Waals surface area contributed by atoms with Crippen LogP contribution in [0.5, 0.6) is 11.6 Å². The number of rotatable bonds is 3. The minimum atomic E-state index is -0.463. The molecule has 4 rings (SSSR count). The van der Waals surface area contributed by atoms with Crippen molar-refractivity contribution in [3.8, 4) is 11.6 Å². The molecule has 0 amide bonds. The molecule has 2 aromatic heterocycles. The summed E-state index contributed by atoms with van der Waals surface area (Å²) >= 11 is 1.34. The van der Waals surface area contributed by atoms with Gasteiger partial charge in [-0.1, -0.05) is 17.4 Å². The van der Waals surface area contributed by atoms with Crippen molar-refractivity contribution in [1.82, 2.24) is 9.38 Å². The number of ether oxygens (including phenoxy) is 1. The third-order valence-electron chi connectivity index (χ3n) is 3.66. The summed E-state index contributed by atoms with van der Waals surface area (Å²) in [5, 5.41) is 13.0. The summed E-state index contributed by atoms with van der Waals surface area (Å²) < 4.78 is 7.11. The number of aromatic nitrogens is 2. The molecule has 0 saturated heterocycles. The van der Waals surface area contributed by atoms with Crippen LogP contribution in [0.25, 0.3) is 4.96 Å². The third kappa shape index (κ3) is 1.97. The van der Waals surface area contributed by atoms with Gasteiger partial charge in [0.15, 0.2) is 0 Å². The van der Waals surface area contributed by atoms with Gasteiger partial charge in [-0.25, -0.2) is 0 Å². The smallest absolute Gasteiger partial charge is 0.393 e. The van der Waals surface area contributed by atoms with Gasteiger partial charge in [-0.05, 0) is 47.4 Å². The van der Waals surface area contributed by atoms with Crippen molar-refractivity contribution in [2.45, 2.75) is 19.3 Å². The zero-order valence-corrected chi connectivity index (χ0v) is 11.8. The Morgan fingerprint density at radius 1 is 1.33 bits per heavy atom. The molecule has 106 valence electrons. The summed E-state index contributed by atoms with van der Waals surface area (Å²) in [6.07, 6.45) is 4.91. The molecular formula is C14H11N3O3S. The van der Waals surface area contributed by atoms with Gasteiger partial charge in [-0.3, -0.25) is 0 Å². The maximum absolute atomic E-state index is 11.2. The van der Waals surface area contributed by atoms with Crippen molar-refractivity contribution in [3.05, 3.63) is 51.0 Å². The molecule has 2 heterocycles. The van der Waals surface area contributed by atoms with E-state index in [-0.39, 0.29) is 11.7 Å². The lowest BCUT2D eigenvalue weighted by atomic mass is 10.1. The third-order valence-corrected chi connectivity index (χ3v) is 4.42. The van der Waals surface area contributed by atoms with Gasteiger partial charge in [0.05, 0.1) is 0 Å². The molecule has 1 aliphatic carbocycles. The van der Waals surface area contributed by atoms with E-state index >= 15 is 0 Å². The van der Waals surface area contributed by atoms with Gasteiger partial charge in [0.2, 0.25) is 0 Å². The Kier molecular flexibility index (Phi) is 2.68. The summed E-state index contributed by atoms with van der Waals surface area (Å²) in [6, 6.07) is 5.84. The highest BCUT2D eigenvalue weighted by Gasteiger charge is 2.26. The van der Waals surface area contributed by atoms with Crippen molar-refractivity contribution < 1.29 is 9.66 Å². The van der Waals surface area contributed by atoms with E-state index < -0.39 is 4.92 Å². The van der Waals surface area contributed by atoms with Crippen LogP contribution in [-0.4, -0.2) is 14.3 Å². The fraction of sp³-hybridized carbons (Fsp3) is 0.214. The van der Waals surface area contributed by atoms with Crippen molar-refractivity contribution in [1.29, 1.82) is 0 Å². The van der Waals surface area contributed by atoms with Crippen LogP contribution in [0, 0.1) is 10.1 Å². The molecule has 7 heteroatoms. The van der Waals surface area contributed by atoms with Gasteiger partial charge in [-0.15, -0.1) is 0 Å². The van der Waals surface area contributed by atoms with Crippen LogP contribution in [0.1, 0.15) is 17.5 Å². The summed E-state index contributed by atoms with van der Waals surface area (Å²) in [5.41, 5.74) is 2.60. The predicted octanol–water partition coefficient (Wildman–Crippen LogP) is 3.59. The fourth-order valence-corrected chi connectivity index (χ4v) is 3.41. The molecule has 0 fully saturated rings. The van der Waals surface area contributed by atoms with Gasteiger partial charge in [0.25, 0.3) is 4.96 Å². The molecular weight excluding hydrogens is 290 g/mol. The first-order chi connectivity index (χ1) is 10.2. The maximum atomic E-state index is 11.2. The minimum absolute atomic E-state index is 0.0461. The molecule has 6 nitrogen and oxygen atoms in total. The zero-order chi connectivity index (χ0) is 14.4. The van der Waals surface area contributed by atoms with Gasteiger partial charge < -0.3 is 14.9 Å². The van der Waals surface area contributed by atoms with E-state index in [1.165, 1.54) is 26.9 Å². The van der Waals surface area contributed by atoms with E-state index in [0.29, 0.717) is 10.7 Å². The van der Waals surface area contributed by atoms with Gasteiger partial charge in [0.1, 0.15) is 11.9 Å². The minimum Gasteiger partial charge on any atom is -0.432 e. The molecule has 0 saturated carbocycles. The van der Waals surface area contributed by atoms with Crippen molar-refractivity contribution in [2.75, 3.05) is 0 Å². The summed E-state index contributed by atoms with van der Waals surface area (Å²) in [4.78, 5) is 15.5. The van der Waals surface area contributed by atoms with Crippen molar-refractivity contribution >= 4 is 22.1 Å². The average molecular weight is 301 g/mol. The monoisotopic (exact) mass is 301 g/mol. The number of hydrogen-bond donors (Lipinski definition) is 0. The largest absolute Gasteiger partial charge is 0.432 e. The Labute approximate surface area is 123 Å². The lowest BCUT2D eigenvalue weighted by Gasteiger charge is -2.05. The molecule has 21 heavy (non-hydrogen) atoms. The Bertz CT molecular complexity index is 852. The number of imidazole rings is 1. The molecule has 3 aromatic rings. The second-order valence-electron chi connectivity index (χ2n) is 4.94. The van der Waals surface area contributed by atoms with E-state index in [9.17, 15) is 10.1 Å². The van der Waals surface area contributed by atoms with E-state index in [2.05, 4.69) is 4.98 Å². The number of hydrogen-bond acceptors (Lipinski definition) is 5. The summed E-state index contributed by atoms with van der Waals surface area (Å²) in [6.45, 7) is 0.